The Morgan fingerprint density at radius 1 is 1.05 bits per heavy atom. The van der Waals surface area contributed by atoms with E-state index in [2.05, 4.69) is 24.8 Å². The summed E-state index contributed by atoms with van der Waals surface area (Å²) in [6, 6.07) is 13.7. The molecule has 0 aromatic heterocycles. The SMILES string of the molecule is CC.CCC1CCCN(CC)C1.CCc1c(OC)cc(C(=O)N(C)C/C(C)=C/c2ccccc2)cc1OC. The molecule has 38 heavy (non-hydrogen) atoms. The molecule has 1 saturated heterocycles. The average Bonchev–Trinajstić information content (AvgIpc) is 2.97. The van der Waals surface area contributed by atoms with Gasteiger partial charge in [0.2, 0.25) is 0 Å². The lowest BCUT2D eigenvalue weighted by Gasteiger charge is -2.31. The molecule has 1 heterocycles. The van der Waals surface area contributed by atoms with Crippen molar-refractivity contribution in [3.8, 4) is 11.5 Å². The predicted molar refractivity (Wildman–Crippen MR) is 162 cm³/mol. The van der Waals surface area contributed by atoms with Crippen LogP contribution in [0.2, 0.25) is 0 Å². The van der Waals surface area contributed by atoms with Gasteiger partial charge in [-0.3, -0.25) is 4.79 Å². The predicted octanol–water partition coefficient (Wildman–Crippen LogP) is 7.60. The number of ether oxygens (including phenoxy) is 2. The van der Waals surface area contributed by atoms with Gasteiger partial charge in [-0.15, -0.1) is 0 Å². The summed E-state index contributed by atoms with van der Waals surface area (Å²) in [5.74, 6) is 2.29. The number of methoxy groups -OCH3 is 2. The zero-order valence-electron chi connectivity index (χ0n) is 25.5. The third kappa shape index (κ3) is 10.5. The van der Waals surface area contributed by atoms with E-state index in [1.165, 1.54) is 38.9 Å². The number of nitrogens with zero attached hydrogens (tertiary/aromatic N) is 2. The summed E-state index contributed by atoms with van der Waals surface area (Å²) >= 11 is 0. The molecule has 212 valence electrons. The van der Waals surface area contributed by atoms with Gasteiger partial charge in [-0.25, -0.2) is 0 Å². The minimum Gasteiger partial charge on any atom is -0.496 e. The van der Waals surface area contributed by atoms with E-state index >= 15 is 0 Å². The Labute approximate surface area is 232 Å². The maximum Gasteiger partial charge on any atom is 0.254 e. The highest BCUT2D eigenvalue weighted by atomic mass is 16.5. The van der Waals surface area contributed by atoms with Crippen LogP contribution in [0.5, 0.6) is 11.5 Å². The lowest BCUT2D eigenvalue weighted by molar-refractivity contribution is 0.0806. The van der Waals surface area contributed by atoms with E-state index < -0.39 is 0 Å². The van der Waals surface area contributed by atoms with E-state index in [1.54, 1.807) is 38.3 Å². The van der Waals surface area contributed by atoms with Crippen LogP contribution in [-0.2, 0) is 6.42 Å². The molecule has 1 amide bonds. The molecule has 1 unspecified atom stereocenters. The molecule has 2 aromatic rings. The first kappa shape index (κ1) is 33.2. The van der Waals surface area contributed by atoms with Gasteiger partial charge in [0.05, 0.1) is 14.2 Å². The molecular formula is C33H52N2O3. The Kier molecular flexibility index (Phi) is 16.1. The lowest BCUT2D eigenvalue weighted by Crippen LogP contribution is -2.34. The molecule has 2 aromatic carbocycles. The van der Waals surface area contributed by atoms with Crippen molar-refractivity contribution in [1.82, 2.24) is 9.80 Å². The summed E-state index contributed by atoms with van der Waals surface area (Å²) in [6.07, 6.45) is 7.12. The maximum absolute atomic E-state index is 12.9. The summed E-state index contributed by atoms with van der Waals surface area (Å²) in [7, 11) is 5.02. The van der Waals surface area contributed by atoms with Crippen molar-refractivity contribution in [2.45, 2.75) is 67.2 Å². The number of rotatable bonds is 9. The van der Waals surface area contributed by atoms with E-state index in [1.807, 2.05) is 58.0 Å². The molecule has 0 N–H and O–H groups in total. The largest absolute Gasteiger partial charge is 0.496 e. The number of hydrogen-bond donors (Lipinski definition) is 0. The summed E-state index contributed by atoms with van der Waals surface area (Å²) in [5, 5.41) is 0. The number of likely N-dealkylation sites (N-methyl/N-ethyl adjacent to an activating group) is 1. The van der Waals surface area contributed by atoms with Crippen LogP contribution in [0.15, 0.2) is 48.0 Å². The van der Waals surface area contributed by atoms with Crippen molar-refractivity contribution < 1.29 is 14.3 Å². The zero-order chi connectivity index (χ0) is 28.5. The molecule has 5 heteroatoms. The molecule has 5 nitrogen and oxygen atoms in total. The van der Waals surface area contributed by atoms with E-state index in [4.69, 9.17) is 9.47 Å². The van der Waals surface area contributed by atoms with Gasteiger partial charge in [0, 0.05) is 31.3 Å². The van der Waals surface area contributed by atoms with Gasteiger partial charge < -0.3 is 19.3 Å². The number of carbonyl (C=O) groups is 1. The first-order valence-electron chi connectivity index (χ1n) is 14.3. The molecule has 1 aliphatic rings. The highest BCUT2D eigenvalue weighted by Crippen LogP contribution is 2.31. The molecule has 0 aliphatic carbocycles. The van der Waals surface area contributed by atoms with Crippen LogP contribution in [0.3, 0.4) is 0 Å². The summed E-state index contributed by atoms with van der Waals surface area (Å²) in [5.41, 5.74) is 3.76. The second-order valence-corrected chi connectivity index (χ2v) is 9.59. The van der Waals surface area contributed by atoms with Crippen LogP contribution < -0.4 is 9.47 Å². The van der Waals surface area contributed by atoms with E-state index in [9.17, 15) is 4.79 Å². The lowest BCUT2D eigenvalue weighted by atomic mass is 9.96. The normalized spacial score (nSPS) is 15.4. The molecule has 3 rings (SSSR count). The molecule has 0 radical (unpaired) electrons. The monoisotopic (exact) mass is 524 g/mol. The highest BCUT2D eigenvalue weighted by molar-refractivity contribution is 5.95. The van der Waals surface area contributed by atoms with E-state index in [-0.39, 0.29) is 5.91 Å². The third-order valence-corrected chi connectivity index (χ3v) is 6.88. The Hall–Kier alpha value is -2.79. The zero-order valence-corrected chi connectivity index (χ0v) is 25.5. The van der Waals surface area contributed by atoms with Crippen LogP contribution in [0.1, 0.15) is 82.3 Å². The van der Waals surface area contributed by atoms with Gasteiger partial charge in [0.1, 0.15) is 11.5 Å². The van der Waals surface area contributed by atoms with E-state index in [0.29, 0.717) is 23.6 Å². The molecule has 0 spiro atoms. The van der Waals surface area contributed by atoms with Crippen LogP contribution in [0.25, 0.3) is 6.08 Å². The van der Waals surface area contributed by atoms with Crippen LogP contribution in [0, 0.1) is 5.92 Å². The molecular weight excluding hydrogens is 472 g/mol. The molecule has 0 saturated carbocycles. The van der Waals surface area contributed by atoms with Gasteiger partial charge >= 0.3 is 0 Å². The first-order valence-corrected chi connectivity index (χ1v) is 14.3. The number of hydrogen-bond acceptors (Lipinski definition) is 4. The average molecular weight is 525 g/mol. The second kappa shape index (κ2) is 18.5. The van der Waals surface area contributed by atoms with Crippen molar-refractivity contribution >= 4 is 12.0 Å². The van der Waals surface area contributed by atoms with Crippen molar-refractivity contribution in [2.75, 3.05) is 47.4 Å². The van der Waals surface area contributed by atoms with Crippen LogP contribution >= 0.6 is 0 Å². The quantitative estimate of drug-likeness (QED) is 0.339. The highest BCUT2D eigenvalue weighted by Gasteiger charge is 2.18. The van der Waals surface area contributed by atoms with Gasteiger partial charge in [-0.2, -0.15) is 0 Å². The molecule has 1 atom stereocenters. The minimum atomic E-state index is -0.0648. The first-order chi connectivity index (χ1) is 18.4. The van der Waals surface area contributed by atoms with Crippen molar-refractivity contribution in [2.24, 2.45) is 5.92 Å². The fraction of sp³-hybridized carbons (Fsp3) is 0.545. The Morgan fingerprint density at radius 3 is 2.16 bits per heavy atom. The Morgan fingerprint density at radius 2 is 1.66 bits per heavy atom. The van der Waals surface area contributed by atoms with Gasteiger partial charge in [0.15, 0.2) is 0 Å². The standard InChI is InChI=1S/C22H27NO3.C9H19N.C2H6/c1-6-19-20(25-4)13-18(14-21(19)26-5)22(24)23(3)15-16(2)12-17-10-8-7-9-11-17;1-3-9-6-5-7-10(4-2)8-9;1-2/h7-14H,6,15H2,1-5H3;9H,3-8H2,1-2H3;1-2H3/b16-12+;;. The van der Waals surface area contributed by atoms with Gasteiger partial charge in [-0.1, -0.05) is 83.0 Å². The Balaban J connectivity index is 0.000000501. The third-order valence-electron chi connectivity index (χ3n) is 6.88. The number of carbonyl (C=O) groups excluding carboxylic acids is 1. The fourth-order valence-corrected chi connectivity index (χ4v) is 4.77. The minimum absolute atomic E-state index is 0.0648. The summed E-state index contributed by atoms with van der Waals surface area (Å²) in [6.45, 7) is 17.1. The molecule has 1 aliphatic heterocycles. The maximum atomic E-state index is 12.9. The summed E-state index contributed by atoms with van der Waals surface area (Å²) in [4.78, 5) is 17.1. The van der Waals surface area contributed by atoms with Gasteiger partial charge in [-0.05, 0) is 62.9 Å². The summed E-state index contributed by atoms with van der Waals surface area (Å²) < 4.78 is 10.9. The number of benzene rings is 2. The van der Waals surface area contributed by atoms with Crippen molar-refractivity contribution in [1.29, 1.82) is 0 Å². The fourth-order valence-electron chi connectivity index (χ4n) is 4.77. The van der Waals surface area contributed by atoms with Crippen molar-refractivity contribution in [3.05, 3.63) is 64.7 Å². The van der Waals surface area contributed by atoms with Crippen LogP contribution in [0.4, 0.5) is 0 Å². The second-order valence-electron chi connectivity index (χ2n) is 9.59. The number of piperidine rings is 1. The molecule has 0 bridgehead atoms. The van der Waals surface area contributed by atoms with Crippen LogP contribution in [-0.4, -0.2) is 63.2 Å². The Bertz CT molecular complexity index is 936. The number of likely N-dealkylation sites (tertiary alicyclic amines) is 1. The van der Waals surface area contributed by atoms with Gasteiger partial charge in [0.25, 0.3) is 5.91 Å². The topological polar surface area (TPSA) is 42.0 Å². The number of amides is 1. The molecule has 1 fully saturated rings. The van der Waals surface area contributed by atoms with E-state index in [0.717, 1.165) is 29.0 Å². The smallest absolute Gasteiger partial charge is 0.254 e. The van der Waals surface area contributed by atoms with Crippen molar-refractivity contribution in [3.63, 3.8) is 0 Å².